The van der Waals surface area contributed by atoms with Gasteiger partial charge in [0.2, 0.25) is 0 Å². The average Bonchev–Trinajstić information content (AvgIpc) is 1.85. The first-order valence-corrected chi connectivity index (χ1v) is 5.07. The van der Waals surface area contributed by atoms with Crippen LogP contribution in [-0.4, -0.2) is 33.0 Å². The first-order valence-electron chi connectivity index (χ1n) is 3.45. The van der Waals surface area contributed by atoms with Gasteiger partial charge in [-0.3, -0.25) is 4.21 Å². The maximum Gasteiger partial charge on any atom is 0.112 e. The Morgan fingerprint density at radius 1 is 1.64 bits per heavy atom. The normalized spacial score (nSPS) is 39.7. The quantitative estimate of drug-likeness (QED) is 0.613. The zero-order chi connectivity index (χ0) is 8.43. The van der Waals surface area contributed by atoms with Gasteiger partial charge in [-0.15, -0.1) is 0 Å². The summed E-state index contributed by atoms with van der Waals surface area (Å²) in [7, 11) is -1.04. The van der Waals surface area contributed by atoms with Crippen molar-refractivity contribution in [1.29, 1.82) is 0 Å². The van der Waals surface area contributed by atoms with E-state index >= 15 is 0 Å². The van der Waals surface area contributed by atoms with E-state index in [1.807, 2.05) is 0 Å². The predicted octanol–water partition coefficient (Wildman–Crippen LogP) is 0.0268. The molecule has 0 spiro atoms. The van der Waals surface area contributed by atoms with Gasteiger partial charge < -0.3 is 9.84 Å². The molecule has 1 unspecified atom stereocenters. The van der Waals surface area contributed by atoms with Gasteiger partial charge in [0, 0.05) is 17.1 Å². The third-order valence-electron chi connectivity index (χ3n) is 1.75. The van der Waals surface area contributed by atoms with E-state index in [4.69, 9.17) is 4.74 Å². The van der Waals surface area contributed by atoms with Crippen molar-refractivity contribution in [3.63, 3.8) is 0 Å². The van der Waals surface area contributed by atoms with Crippen molar-refractivity contribution in [3.05, 3.63) is 12.3 Å². The Bertz CT molecular complexity index is 190. The van der Waals surface area contributed by atoms with E-state index in [-0.39, 0.29) is 11.4 Å². The average molecular weight is 176 g/mol. The molecule has 1 rings (SSSR count). The van der Waals surface area contributed by atoms with Crippen molar-refractivity contribution in [2.24, 2.45) is 0 Å². The minimum atomic E-state index is -1.04. The summed E-state index contributed by atoms with van der Waals surface area (Å²) >= 11 is 0. The van der Waals surface area contributed by atoms with Crippen molar-refractivity contribution < 1.29 is 14.1 Å². The Kier molecular flexibility index (Phi) is 2.67. The maximum absolute atomic E-state index is 11.1. The Morgan fingerprint density at radius 2 is 2.27 bits per heavy atom. The monoisotopic (exact) mass is 176 g/mol. The molecule has 0 aromatic heterocycles. The molecule has 0 radical (unpaired) electrons. The summed E-state index contributed by atoms with van der Waals surface area (Å²) in [6.07, 6.45) is 3.75. The Morgan fingerprint density at radius 3 is 2.64 bits per heavy atom. The van der Waals surface area contributed by atoms with Crippen LogP contribution in [0.15, 0.2) is 12.3 Å². The van der Waals surface area contributed by atoms with Gasteiger partial charge in [0.1, 0.15) is 11.4 Å². The van der Waals surface area contributed by atoms with Gasteiger partial charge in [-0.1, -0.05) is 0 Å². The number of ether oxygens (including phenoxy) is 1. The fourth-order valence-corrected chi connectivity index (χ4v) is 2.27. The van der Waals surface area contributed by atoms with E-state index < -0.39 is 16.9 Å². The highest BCUT2D eigenvalue weighted by atomic mass is 32.2. The first-order chi connectivity index (χ1) is 5.13. The molecule has 3 nitrogen and oxygen atoms in total. The molecule has 1 aliphatic rings. The van der Waals surface area contributed by atoms with E-state index in [0.717, 1.165) is 0 Å². The third kappa shape index (κ3) is 1.81. The van der Waals surface area contributed by atoms with Crippen LogP contribution in [0.5, 0.6) is 0 Å². The highest BCUT2D eigenvalue weighted by Gasteiger charge is 2.30. The van der Waals surface area contributed by atoms with Crippen molar-refractivity contribution in [3.8, 4) is 0 Å². The van der Waals surface area contributed by atoms with Crippen molar-refractivity contribution in [1.82, 2.24) is 0 Å². The van der Waals surface area contributed by atoms with Gasteiger partial charge in [0.25, 0.3) is 0 Å². The van der Waals surface area contributed by atoms with Crippen LogP contribution in [0.4, 0.5) is 0 Å². The molecule has 0 aromatic carbocycles. The topological polar surface area (TPSA) is 46.5 Å². The van der Waals surface area contributed by atoms with E-state index in [1.165, 1.54) is 12.3 Å². The summed E-state index contributed by atoms with van der Waals surface area (Å²) in [5, 5.41) is 9.06. The number of hydrogen-bond acceptors (Lipinski definition) is 3. The van der Waals surface area contributed by atoms with E-state index in [1.54, 1.807) is 13.2 Å². The van der Waals surface area contributed by atoms with Crippen LogP contribution in [0.3, 0.4) is 0 Å². The maximum atomic E-state index is 11.1. The summed E-state index contributed by atoms with van der Waals surface area (Å²) in [5.41, 5.74) is 0. The Labute approximate surface area is 68.5 Å². The number of rotatable bonds is 1. The molecule has 4 heteroatoms. The molecule has 0 bridgehead atoms. The molecule has 0 saturated heterocycles. The zero-order valence-corrected chi connectivity index (χ0v) is 7.38. The molecular weight excluding hydrogens is 164 g/mol. The van der Waals surface area contributed by atoms with E-state index in [2.05, 4.69) is 0 Å². The SMILES string of the molecule is C[C@H]1OC=C[C@H](O)[C@@H]1S(C)=O. The molecular formula is C7H12O3S. The molecule has 1 N–H and O–H groups in total. The lowest BCUT2D eigenvalue weighted by atomic mass is 10.1. The van der Waals surface area contributed by atoms with Gasteiger partial charge in [-0.2, -0.15) is 0 Å². The van der Waals surface area contributed by atoms with Crippen LogP contribution in [0, 0.1) is 0 Å². The smallest absolute Gasteiger partial charge is 0.112 e. The summed E-state index contributed by atoms with van der Waals surface area (Å²) in [5.74, 6) is 0. The summed E-state index contributed by atoms with van der Waals surface area (Å²) < 4.78 is 16.1. The van der Waals surface area contributed by atoms with Crippen molar-refractivity contribution in [2.45, 2.75) is 24.4 Å². The molecule has 4 atom stereocenters. The van der Waals surface area contributed by atoms with Crippen molar-refractivity contribution >= 4 is 10.8 Å². The largest absolute Gasteiger partial charge is 0.497 e. The van der Waals surface area contributed by atoms with Gasteiger partial charge in [0.15, 0.2) is 0 Å². The molecule has 0 aliphatic carbocycles. The van der Waals surface area contributed by atoms with Crippen molar-refractivity contribution in [2.75, 3.05) is 6.26 Å². The first kappa shape index (κ1) is 8.74. The second-order valence-electron chi connectivity index (χ2n) is 2.62. The second kappa shape index (κ2) is 3.36. The fraction of sp³-hybridized carbons (Fsp3) is 0.714. The number of hydrogen-bond donors (Lipinski definition) is 1. The molecule has 1 aliphatic heterocycles. The highest BCUT2D eigenvalue weighted by molar-refractivity contribution is 7.85. The minimum absolute atomic E-state index is 0.166. The van der Waals surface area contributed by atoms with E-state index in [9.17, 15) is 9.32 Å². The predicted molar refractivity (Wildman–Crippen MR) is 43.5 cm³/mol. The lowest BCUT2D eigenvalue weighted by Crippen LogP contribution is -2.41. The van der Waals surface area contributed by atoms with E-state index in [0.29, 0.717) is 0 Å². The Hall–Kier alpha value is -0.350. The van der Waals surface area contributed by atoms with Gasteiger partial charge in [-0.05, 0) is 13.0 Å². The van der Waals surface area contributed by atoms with Gasteiger partial charge >= 0.3 is 0 Å². The lowest BCUT2D eigenvalue weighted by Gasteiger charge is -2.27. The summed E-state index contributed by atoms with van der Waals surface area (Å²) in [6, 6.07) is 0. The van der Waals surface area contributed by atoms with Crippen LogP contribution < -0.4 is 0 Å². The zero-order valence-electron chi connectivity index (χ0n) is 6.56. The van der Waals surface area contributed by atoms with Gasteiger partial charge in [0.05, 0.1) is 12.4 Å². The second-order valence-corrected chi connectivity index (χ2v) is 4.17. The molecule has 11 heavy (non-hydrogen) atoms. The molecule has 0 amide bonds. The summed E-state index contributed by atoms with van der Waals surface area (Å²) in [4.78, 5) is 0. The van der Waals surface area contributed by atoms with Crippen LogP contribution >= 0.6 is 0 Å². The summed E-state index contributed by atoms with van der Waals surface area (Å²) in [6.45, 7) is 1.80. The molecule has 64 valence electrons. The number of aliphatic hydroxyl groups excluding tert-OH is 1. The lowest BCUT2D eigenvalue weighted by molar-refractivity contribution is 0.0820. The molecule has 1 heterocycles. The number of aliphatic hydroxyl groups is 1. The van der Waals surface area contributed by atoms with Crippen LogP contribution in [-0.2, 0) is 15.5 Å². The van der Waals surface area contributed by atoms with Crippen LogP contribution in [0.25, 0.3) is 0 Å². The highest BCUT2D eigenvalue weighted by Crippen LogP contribution is 2.16. The van der Waals surface area contributed by atoms with Gasteiger partial charge in [-0.25, -0.2) is 0 Å². The minimum Gasteiger partial charge on any atom is -0.497 e. The fourth-order valence-electron chi connectivity index (χ4n) is 1.18. The standard InChI is InChI=1S/C7H12O3S/c1-5-7(11(2)9)6(8)3-4-10-5/h3-8H,1-2H3/t5-,6+,7-,11?/m1/s1. The molecule has 0 saturated carbocycles. The Balaban J connectivity index is 2.74. The van der Waals surface area contributed by atoms with Crippen LogP contribution in [0.1, 0.15) is 6.92 Å². The van der Waals surface area contributed by atoms with Crippen LogP contribution in [0.2, 0.25) is 0 Å². The molecule has 0 aromatic rings. The molecule has 0 fully saturated rings. The third-order valence-corrected chi connectivity index (χ3v) is 3.18.